The summed E-state index contributed by atoms with van der Waals surface area (Å²) in [5.41, 5.74) is 5.54. The fraction of sp³-hybridized carbons (Fsp3) is 0.867. The van der Waals surface area contributed by atoms with Crippen LogP contribution in [-0.4, -0.2) is 29.6 Å². The number of thiocarbonyl (C=S) groups is 1. The molecule has 1 saturated carbocycles. The molecule has 114 valence electrons. The van der Waals surface area contributed by atoms with E-state index in [4.69, 9.17) is 22.7 Å². The summed E-state index contributed by atoms with van der Waals surface area (Å²) in [5, 5.41) is 3.21. The third-order valence-electron chi connectivity index (χ3n) is 4.63. The van der Waals surface area contributed by atoms with Gasteiger partial charge in [0.1, 0.15) is 0 Å². The van der Waals surface area contributed by atoms with E-state index in [0.29, 0.717) is 18.2 Å². The molecule has 0 aromatic heterocycles. The van der Waals surface area contributed by atoms with E-state index < -0.39 is 5.54 Å². The molecule has 0 spiro atoms. The molecule has 2 fully saturated rings. The lowest BCUT2D eigenvalue weighted by Crippen LogP contribution is -2.58. The minimum atomic E-state index is -0.453. The van der Waals surface area contributed by atoms with Gasteiger partial charge in [-0.15, -0.1) is 0 Å². The number of hydrogen-bond acceptors (Lipinski definition) is 3. The number of hydrogen-bond donors (Lipinski definition) is 2. The summed E-state index contributed by atoms with van der Waals surface area (Å²) in [7, 11) is 0. The molecular formula is C15H26N2O2S. The summed E-state index contributed by atoms with van der Waals surface area (Å²) in [6.07, 6.45) is 9.25. The number of carbonyl (C=O) groups excluding carboxylic acids is 1. The van der Waals surface area contributed by atoms with Crippen LogP contribution in [0.1, 0.15) is 57.8 Å². The van der Waals surface area contributed by atoms with Crippen LogP contribution >= 0.6 is 12.2 Å². The molecule has 1 aliphatic heterocycles. The largest absolute Gasteiger partial charge is 0.391 e. The Morgan fingerprint density at radius 2 is 1.65 bits per heavy atom. The minimum Gasteiger partial charge on any atom is -0.391 e. The average Bonchev–Trinajstić information content (AvgIpc) is 2.42. The number of nitrogens with one attached hydrogen (secondary N) is 1. The Kier molecular flexibility index (Phi) is 5.78. The van der Waals surface area contributed by atoms with Crippen molar-refractivity contribution in [2.24, 2.45) is 11.7 Å². The van der Waals surface area contributed by atoms with Crippen LogP contribution in [0.3, 0.4) is 0 Å². The number of carbonyl (C=O) groups is 1. The first-order valence-corrected chi connectivity index (χ1v) is 8.24. The molecule has 1 saturated heterocycles. The van der Waals surface area contributed by atoms with E-state index in [0.717, 1.165) is 38.5 Å². The summed E-state index contributed by atoms with van der Waals surface area (Å²) in [5.74, 6) is 0.169. The molecular weight excluding hydrogens is 272 g/mol. The standard InChI is InChI=1S/C15H26N2O2S/c16-14(20)15(8-4-2-1-3-5-9-15)17-13(18)12-6-10-19-11-7-12/h12H,1-11H2,(H2,16,20)(H,17,18). The quantitative estimate of drug-likeness (QED) is 0.785. The van der Waals surface area contributed by atoms with Gasteiger partial charge in [-0.05, 0) is 25.7 Å². The molecule has 5 heteroatoms. The van der Waals surface area contributed by atoms with Gasteiger partial charge in [0.05, 0.1) is 10.5 Å². The normalized spacial score (nSPS) is 24.4. The zero-order valence-electron chi connectivity index (χ0n) is 12.2. The summed E-state index contributed by atoms with van der Waals surface area (Å²) in [6.45, 7) is 1.36. The Labute approximate surface area is 126 Å². The van der Waals surface area contributed by atoms with Crippen LogP contribution in [0.2, 0.25) is 0 Å². The fourth-order valence-electron chi connectivity index (χ4n) is 3.24. The van der Waals surface area contributed by atoms with Crippen molar-refractivity contribution >= 4 is 23.1 Å². The second-order valence-electron chi connectivity index (χ2n) is 6.09. The zero-order chi connectivity index (χ0) is 14.4. The highest BCUT2D eigenvalue weighted by Crippen LogP contribution is 2.28. The molecule has 2 rings (SSSR count). The lowest BCUT2D eigenvalue weighted by Gasteiger charge is -2.37. The molecule has 0 aromatic carbocycles. The first kappa shape index (κ1) is 15.7. The second-order valence-corrected chi connectivity index (χ2v) is 6.53. The van der Waals surface area contributed by atoms with Crippen molar-refractivity contribution in [2.45, 2.75) is 63.3 Å². The van der Waals surface area contributed by atoms with E-state index in [1.807, 2.05) is 0 Å². The number of rotatable bonds is 3. The van der Waals surface area contributed by atoms with Gasteiger partial charge in [0, 0.05) is 19.1 Å². The van der Waals surface area contributed by atoms with Crippen molar-refractivity contribution in [3.05, 3.63) is 0 Å². The molecule has 4 nitrogen and oxygen atoms in total. The van der Waals surface area contributed by atoms with Crippen molar-refractivity contribution in [2.75, 3.05) is 13.2 Å². The molecule has 0 bridgehead atoms. The Hall–Kier alpha value is -0.680. The lowest BCUT2D eigenvalue weighted by atomic mass is 9.83. The molecule has 1 amide bonds. The number of ether oxygens (including phenoxy) is 1. The first-order valence-electron chi connectivity index (χ1n) is 7.84. The Morgan fingerprint density at radius 1 is 1.10 bits per heavy atom. The molecule has 1 heterocycles. The van der Waals surface area contributed by atoms with Crippen LogP contribution in [0.25, 0.3) is 0 Å². The first-order chi connectivity index (χ1) is 9.64. The van der Waals surface area contributed by atoms with Crippen molar-refractivity contribution in [3.8, 4) is 0 Å². The summed E-state index contributed by atoms with van der Waals surface area (Å²) in [6, 6.07) is 0. The van der Waals surface area contributed by atoms with Crippen LogP contribution in [0.4, 0.5) is 0 Å². The highest BCUT2D eigenvalue weighted by molar-refractivity contribution is 7.80. The zero-order valence-corrected chi connectivity index (χ0v) is 13.0. The molecule has 1 aliphatic carbocycles. The van der Waals surface area contributed by atoms with Gasteiger partial charge >= 0.3 is 0 Å². The molecule has 2 aliphatic rings. The van der Waals surface area contributed by atoms with Gasteiger partial charge in [0.15, 0.2) is 0 Å². The van der Waals surface area contributed by atoms with Crippen LogP contribution in [-0.2, 0) is 9.53 Å². The number of amides is 1. The predicted octanol–water partition coefficient (Wildman–Crippen LogP) is 2.30. The monoisotopic (exact) mass is 298 g/mol. The van der Waals surface area contributed by atoms with Crippen molar-refractivity contribution in [1.82, 2.24) is 5.32 Å². The maximum Gasteiger partial charge on any atom is 0.224 e. The Morgan fingerprint density at radius 3 is 2.20 bits per heavy atom. The van der Waals surface area contributed by atoms with E-state index in [2.05, 4.69) is 5.32 Å². The van der Waals surface area contributed by atoms with Gasteiger partial charge in [-0.25, -0.2) is 0 Å². The third kappa shape index (κ3) is 3.92. The van der Waals surface area contributed by atoms with Gasteiger partial charge in [0.25, 0.3) is 0 Å². The summed E-state index contributed by atoms with van der Waals surface area (Å²) in [4.78, 5) is 13.0. The third-order valence-corrected chi connectivity index (χ3v) is 5.02. The van der Waals surface area contributed by atoms with Gasteiger partial charge in [-0.3, -0.25) is 4.79 Å². The van der Waals surface area contributed by atoms with Crippen molar-refractivity contribution in [1.29, 1.82) is 0 Å². The van der Waals surface area contributed by atoms with Crippen LogP contribution in [0.15, 0.2) is 0 Å². The second kappa shape index (κ2) is 7.36. The highest BCUT2D eigenvalue weighted by Gasteiger charge is 2.36. The lowest BCUT2D eigenvalue weighted by molar-refractivity contribution is -0.129. The van der Waals surface area contributed by atoms with Gasteiger partial charge in [0.2, 0.25) is 5.91 Å². The molecule has 3 N–H and O–H groups in total. The summed E-state index contributed by atoms with van der Waals surface area (Å²) < 4.78 is 5.32. The number of nitrogens with two attached hydrogens (primary N) is 1. The smallest absolute Gasteiger partial charge is 0.224 e. The fourth-order valence-corrected chi connectivity index (χ4v) is 3.49. The van der Waals surface area contributed by atoms with Crippen LogP contribution in [0.5, 0.6) is 0 Å². The average molecular weight is 298 g/mol. The van der Waals surface area contributed by atoms with E-state index >= 15 is 0 Å². The van der Waals surface area contributed by atoms with Crippen molar-refractivity contribution < 1.29 is 9.53 Å². The highest BCUT2D eigenvalue weighted by atomic mass is 32.1. The topological polar surface area (TPSA) is 64.3 Å². The molecule has 0 aromatic rings. The molecule has 20 heavy (non-hydrogen) atoms. The Bertz CT molecular complexity index is 346. The SMILES string of the molecule is NC(=S)C1(NC(=O)C2CCOCC2)CCCCCCC1. The maximum absolute atomic E-state index is 12.5. The molecule has 0 atom stereocenters. The van der Waals surface area contributed by atoms with E-state index in [1.54, 1.807) is 0 Å². The molecule has 0 unspecified atom stereocenters. The van der Waals surface area contributed by atoms with E-state index in [1.165, 1.54) is 19.3 Å². The minimum absolute atomic E-state index is 0.0559. The predicted molar refractivity (Wildman–Crippen MR) is 83.5 cm³/mol. The maximum atomic E-state index is 12.5. The summed E-state index contributed by atoms with van der Waals surface area (Å²) >= 11 is 5.29. The van der Waals surface area contributed by atoms with Crippen LogP contribution < -0.4 is 11.1 Å². The van der Waals surface area contributed by atoms with Gasteiger partial charge in [-0.2, -0.15) is 0 Å². The van der Waals surface area contributed by atoms with E-state index in [9.17, 15) is 4.79 Å². The van der Waals surface area contributed by atoms with Gasteiger partial charge in [-0.1, -0.05) is 44.3 Å². The van der Waals surface area contributed by atoms with Crippen LogP contribution in [0, 0.1) is 5.92 Å². The molecule has 0 radical (unpaired) electrons. The van der Waals surface area contributed by atoms with Crippen molar-refractivity contribution in [3.63, 3.8) is 0 Å². The van der Waals surface area contributed by atoms with E-state index in [-0.39, 0.29) is 11.8 Å². The van der Waals surface area contributed by atoms with Gasteiger partial charge < -0.3 is 15.8 Å². The Balaban J connectivity index is 2.02.